The Balaban J connectivity index is 2.30. The van der Waals surface area contributed by atoms with Gasteiger partial charge in [0.15, 0.2) is 0 Å². The van der Waals surface area contributed by atoms with Crippen molar-refractivity contribution in [1.82, 2.24) is 0 Å². The Morgan fingerprint density at radius 2 is 1.75 bits per heavy atom. The van der Waals surface area contributed by atoms with Crippen molar-refractivity contribution >= 4 is 17.3 Å². The van der Waals surface area contributed by atoms with Crippen LogP contribution < -0.4 is 4.90 Å². The zero-order valence-corrected chi connectivity index (χ0v) is 11.7. The summed E-state index contributed by atoms with van der Waals surface area (Å²) < 4.78 is 27.9. The fourth-order valence-corrected chi connectivity index (χ4v) is 2.23. The molecular formula is C15H14ClF2NO. The predicted octanol–water partition coefficient (Wildman–Crippen LogP) is 3.75. The van der Waals surface area contributed by atoms with Crippen molar-refractivity contribution in [3.05, 3.63) is 64.2 Å². The molecule has 0 bridgehead atoms. The molecule has 5 heteroatoms. The van der Waals surface area contributed by atoms with E-state index in [9.17, 15) is 8.78 Å². The number of aliphatic hydroxyl groups is 1. The van der Waals surface area contributed by atoms with Crippen LogP contribution in [0.2, 0.25) is 5.02 Å². The molecule has 2 rings (SSSR count). The lowest BCUT2D eigenvalue weighted by Crippen LogP contribution is -2.19. The molecule has 0 aromatic heterocycles. The van der Waals surface area contributed by atoms with Crippen molar-refractivity contribution in [2.45, 2.75) is 13.2 Å². The largest absolute Gasteiger partial charge is 0.392 e. The highest BCUT2D eigenvalue weighted by Crippen LogP contribution is 2.27. The number of hydrogen-bond donors (Lipinski definition) is 1. The molecule has 0 saturated carbocycles. The lowest BCUT2D eigenvalue weighted by Gasteiger charge is -2.21. The van der Waals surface area contributed by atoms with Crippen LogP contribution in [0.1, 0.15) is 11.1 Å². The van der Waals surface area contributed by atoms with E-state index in [1.54, 1.807) is 25.2 Å². The smallest absolute Gasteiger partial charge is 0.149 e. The van der Waals surface area contributed by atoms with Gasteiger partial charge in [0.25, 0.3) is 0 Å². The van der Waals surface area contributed by atoms with Crippen molar-refractivity contribution in [3.8, 4) is 0 Å². The first-order valence-electron chi connectivity index (χ1n) is 6.06. The molecule has 0 aliphatic rings. The predicted molar refractivity (Wildman–Crippen MR) is 75.8 cm³/mol. The molecule has 2 aromatic rings. The Labute approximate surface area is 121 Å². The molecular weight excluding hydrogens is 284 g/mol. The second-order valence-electron chi connectivity index (χ2n) is 4.51. The maximum Gasteiger partial charge on any atom is 0.149 e. The summed E-state index contributed by atoms with van der Waals surface area (Å²) in [6.45, 7) is -0.117. The minimum atomic E-state index is -0.705. The van der Waals surface area contributed by atoms with Crippen LogP contribution >= 0.6 is 11.6 Å². The first-order chi connectivity index (χ1) is 9.52. The number of anilines is 1. The highest BCUT2D eigenvalue weighted by molar-refractivity contribution is 6.31. The fraction of sp³-hybridized carbons (Fsp3) is 0.200. The second kappa shape index (κ2) is 6.20. The van der Waals surface area contributed by atoms with Gasteiger partial charge in [-0.05, 0) is 29.3 Å². The van der Waals surface area contributed by atoms with Crippen molar-refractivity contribution in [2.75, 3.05) is 11.9 Å². The highest BCUT2D eigenvalue weighted by Gasteiger charge is 2.16. The van der Waals surface area contributed by atoms with Gasteiger partial charge < -0.3 is 10.0 Å². The zero-order valence-electron chi connectivity index (χ0n) is 10.9. The van der Waals surface area contributed by atoms with Crippen LogP contribution in [0, 0.1) is 11.6 Å². The minimum Gasteiger partial charge on any atom is -0.392 e. The third kappa shape index (κ3) is 3.08. The number of nitrogens with zero attached hydrogens (tertiary/aromatic N) is 1. The number of hydrogen-bond acceptors (Lipinski definition) is 2. The molecule has 0 aliphatic heterocycles. The second-order valence-corrected chi connectivity index (χ2v) is 4.92. The number of benzene rings is 2. The van der Waals surface area contributed by atoms with E-state index in [1.807, 2.05) is 6.07 Å². The highest BCUT2D eigenvalue weighted by atomic mass is 35.5. The van der Waals surface area contributed by atoms with Gasteiger partial charge in [-0.15, -0.1) is 0 Å². The molecule has 0 radical (unpaired) electrons. The van der Waals surface area contributed by atoms with Crippen LogP contribution in [0.25, 0.3) is 0 Å². The van der Waals surface area contributed by atoms with Gasteiger partial charge in [-0.1, -0.05) is 29.8 Å². The Bertz CT molecular complexity index is 596. The van der Waals surface area contributed by atoms with Gasteiger partial charge in [-0.25, -0.2) is 8.78 Å². The summed E-state index contributed by atoms with van der Waals surface area (Å²) in [7, 11) is 1.59. The van der Waals surface area contributed by atoms with E-state index >= 15 is 0 Å². The lowest BCUT2D eigenvalue weighted by atomic mass is 10.1. The van der Waals surface area contributed by atoms with E-state index in [-0.39, 0.29) is 17.8 Å². The molecule has 0 heterocycles. The van der Waals surface area contributed by atoms with Crippen molar-refractivity contribution < 1.29 is 13.9 Å². The van der Waals surface area contributed by atoms with Crippen molar-refractivity contribution in [2.24, 2.45) is 0 Å². The van der Waals surface area contributed by atoms with Crippen LogP contribution in [-0.4, -0.2) is 12.2 Å². The quantitative estimate of drug-likeness (QED) is 0.929. The Hall–Kier alpha value is -1.65. The van der Waals surface area contributed by atoms with Gasteiger partial charge >= 0.3 is 0 Å². The third-order valence-corrected chi connectivity index (χ3v) is 3.38. The molecule has 0 aliphatic carbocycles. The maximum absolute atomic E-state index is 13.9. The van der Waals surface area contributed by atoms with Gasteiger partial charge in [0.1, 0.15) is 17.3 Å². The molecule has 0 spiro atoms. The van der Waals surface area contributed by atoms with Gasteiger partial charge in [0.2, 0.25) is 0 Å². The molecule has 2 nitrogen and oxygen atoms in total. The van der Waals surface area contributed by atoms with Gasteiger partial charge in [0.05, 0.1) is 6.61 Å². The molecule has 0 saturated heterocycles. The summed E-state index contributed by atoms with van der Waals surface area (Å²) in [4.78, 5) is 1.45. The molecule has 0 unspecified atom stereocenters. The molecule has 0 fully saturated rings. The van der Waals surface area contributed by atoms with Crippen LogP contribution in [0.4, 0.5) is 14.5 Å². The lowest BCUT2D eigenvalue weighted by molar-refractivity contribution is 0.280. The van der Waals surface area contributed by atoms with E-state index in [0.29, 0.717) is 5.02 Å². The fourth-order valence-electron chi connectivity index (χ4n) is 2.04. The maximum atomic E-state index is 13.9. The topological polar surface area (TPSA) is 23.5 Å². The summed E-state index contributed by atoms with van der Waals surface area (Å²) in [5.41, 5.74) is 0.846. The molecule has 20 heavy (non-hydrogen) atoms. The van der Waals surface area contributed by atoms with E-state index < -0.39 is 18.2 Å². The average molecular weight is 298 g/mol. The molecule has 0 atom stereocenters. The first kappa shape index (κ1) is 14.8. The Kier molecular flexibility index (Phi) is 4.57. The minimum absolute atomic E-state index is 0.137. The summed E-state index contributed by atoms with van der Waals surface area (Å²) in [5.74, 6) is -1.41. The Morgan fingerprint density at radius 1 is 1.15 bits per heavy atom. The molecule has 1 N–H and O–H groups in total. The SMILES string of the molecule is CN(Cc1ccccc1Cl)c1c(F)cc(CO)cc1F. The normalized spacial score (nSPS) is 10.7. The monoisotopic (exact) mass is 297 g/mol. The van der Waals surface area contributed by atoms with Gasteiger partial charge in [0, 0.05) is 18.6 Å². The van der Waals surface area contributed by atoms with E-state index in [1.165, 1.54) is 4.90 Å². The van der Waals surface area contributed by atoms with Crippen LogP contribution in [-0.2, 0) is 13.2 Å². The van der Waals surface area contributed by atoms with Gasteiger partial charge in [-0.2, -0.15) is 0 Å². The number of aliphatic hydroxyl groups excluding tert-OH is 1. The molecule has 2 aromatic carbocycles. The number of rotatable bonds is 4. The molecule has 106 valence electrons. The van der Waals surface area contributed by atoms with Gasteiger partial charge in [-0.3, -0.25) is 0 Å². The summed E-state index contributed by atoms with van der Waals surface area (Å²) in [6, 6.07) is 9.39. The summed E-state index contributed by atoms with van der Waals surface area (Å²) >= 11 is 6.04. The van der Waals surface area contributed by atoms with Crippen LogP contribution in [0.3, 0.4) is 0 Å². The zero-order chi connectivity index (χ0) is 14.7. The van der Waals surface area contributed by atoms with E-state index in [2.05, 4.69) is 0 Å². The first-order valence-corrected chi connectivity index (χ1v) is 6.44. The average Bonchev–Trinajstić information content (AvgIpc) is 2.40. The summed E-state index contributed by atoms with van der Waals surface area (Å²) in [6.07, 6.45) is 0. The van der Waals surface area contributed by atoms with E-state index in [4.69, 9.17) is 16.7 Å². The number of halogens is 3. The standard InChI is InChI=1S/C15H14ClF2NO/c1-19(8-11-4-2-3-5-12(11)16)15-13(17)6-10(9-20)7-14(15)18/h2-7,20H,8-9H2,1H3. The van der Waals surface area contributed by atoms with Crippen LogP contribution in [0.15, 0.2) is 36.4 Å². The summed E-state index contributed by atoms with van der Waals surface area (Å²) in [5, 5.41) is 9.47. The molecule has 0 amide bonds. The van der Waals surface area contributed by atoms with Crippen molar-refractivity contribution in [1.29, 1.82) is 0 Å². The van der Waals surface area contributed by atoms with Crippen LogP contribution in [0.5, 0.6) is 0 Å². The third-order valence-electron chi connectivity index (χ3n) is 3.01. The Morgan fingerprint density at radius 3 is 2.30 bits per heavy atom. The van der Waals surface area contributed by atoms with E-state index in [0.717, 1.165) is 17.7 Å². The van der Waals surface area contributed by atoms with Crippen molar-refractivity contribution in [3.63, 3.8) is 0 Å².